The van der Waals surface area contributed by atoms with Gasteiger partial charge in [-0.05, 0) is 31.0 Å². The first-order valence-electron chi connectivity index (χ1n) is 10.1. The molecule has 1 aromatic carbocycles. The van der Waals surface area contributed by atoms with Gasteiger partial charge < -0.3 is 15.2 Å². The van der Waals surface area contributed by atoms with E-state index in [2.05, 4.69) is 20.3 Å². The van der Waals surface area contributed by atoms with E-state index in [1.54, 1.807) is 24.9 Å². The first-order valence-corrected chi connectivity index (χ1v) is 10.1. The van der Waals surface area contributed by atoms with Gasteiger partial charge in [0.25, 0.3) is 0 Å². The fourth-order valence-corrected chi connectivity index (χ4v) is 4.06. The number of carbonyl (C=O) groups is 1. The van der Waals surface area contributed by atoms with Crippen molar-refractivity contribution in [2.24, 2.45) is 5.92 Å². The van der Waals surface area contributed by atoms with E-state index in [1.165, 1.54) is 6.33 Å². The minimum absolute atomic E-state index is 0.136. The maximum absolute atomic E-state index is 15.0. The van der Waals surface area contributed by atoms with Crippen LogP contribution in [0.4, 0.5) is 30.5 Å². The Labute approximate surface area is 182 Å². The summed E-state index contributed by atoms with van der Waals surface area (Å²) >= 11 is 0. The van der Waals surface area contributed by atoms with E-state index in [4.69, 9.17) is 5.26 Å². The number of fused-ring (bicyclic) bond motifs is 1. The summed E-state index contributed by atoms with van der Waals surface area (Å²) in [4.78, 5) is 25.8. The van der Waals surface area contributed by atoms with Gasteiger partial charge in [-0.15, -0.1) is 0 Å². The molecule has 0 atom stereocenters. The number of imidazole rings is 1. The molecule has 1 fully saturated rings. The van der Waals surface area contributed by atoms with Crippen LogP contribution in [0.5, 0.6) is 0 Å². The molecule has 1 saturated carbocycles. The number of alkyl halides is 2. The van der Waals surface area contributed by atoms with Gasteiger partial charge in [-0.2, -0.15) is 5.26 Å². The van der Waals surface area contributed by atoms with Crippen molar-refractivity contribution >= 4 is 34.3 Å². The average Bonchev–Trinajstić information content (AvgIpc) is 3.23. The number of nitrogens with one attached hydrogen (secondary N) is 2. The molecule has 4 rings (SSSR count). The Balaban J connectivity index is 1.76. The molecule has 0 saturated heterocycles. The van der Waals surface area contributed by atoms with Crippen LogP contribution in [0.15, 0.2) is 18.5 Å². The normalized spacial score (nSPS) is 15.3. The van der Waals surface area contributed by atoms with Crippen LogP contribution in [0.1, 0.15) is 36.5 Å². The van der Waals surface area contributed by atoms with Crippen LogP contribution in [0.3, 0.4) is 0 Å². The number of aryl methyl sites for hydroxylation is 2. The van der Waals surface area contributed by atoms with E-state index in [1.807, 2.05) is 13.0 Å². The average molecular weight is 442 g/mol. The molecule has 0 radical (unpaired) electrons. The van der Waals surface area contributed by atoms with Gasteiger partial charge in [0.1, 0.15) is 17.2 Å². The first kappa shape index (κ1) is 21.6. The lowest BCUT2D eigenvalue weighted by Crippen LogP contribution is -2.42. The number of nitrogens with zero attached hydrogens (tertiary/aromatic N) is 4. The molecule has 2 aromatic heterocycles. The van der Waals surface area contributed by atoms with Crippen molar-refractivity contribution in [3.05, 3.63) is 41.0 Å². The molecule has 0 bridgehead atoms. The number of H-pyrrole nitrogens is 1. The van der Waals surface area contributed by atoms with Gasteiger partial charge in [-0.25, -0.2) is 23.1 Å². The molecule has 1 aliphatic rings. The molecule has 0 spiro atoms. The molecule has 7 nitrogen and oxygen atoms in total. The lowest BCUT2D eigenvalue weighted by atomic mass is 9.81. The smallest absolute Gasteiger partial charge is 0.249 e. The number of aromatic amines is 1. The summed E-state index contributed by atoms with van der Waals surface area (Å²) in [6, 6.07) is 4.73. The van der Waals surface area contributed by atoms with Gasteiger partial charge in [-0.3, -0.25) is 4.79 Å². The highest BCUT2D eigenvalue weighted by Gasteiger charge is 2.48. The lowest BCUT2D eigenvalue weighted by molar-refractivity contribution is -0.145. The van der Waals surface area contributed by atoms with Crippen LogP contribution < -0.4 is 10.2 Å². The highest BCUT2D eigenvalue weighted by Crippen LogP contribution is 2.43. The van der Waals surface area contributed by atoms with Crippen LogP contribution in [-0.4, -0.2) is 33.8 Å². The van der Waals surface area contributed by atoms with Gasteiger partial charge in [0.15, 0.2) is 5.82 Å². The number of aromatic nitrogens is 3. The number of amides is 1. The summed E-state index contributed by atoms with van der Waals surface area (Å²) < 4.78 is 41.3. The van der Waals surface area contributed by atoms with Crippen molar-refractivity contribution < 1.29 is 18.0 Å². The number of nitriles is 1. The third kappa shape index (κ3) is 3.64. The van der Waals surface area contributed by atoms with Gasteiger partial charge in [0, 0.05) is 31.4 Å². The van der Waals surface area contributed by atoms with Gasteiger partial charge in [0.05, 0.1) is 29.2 Å². The number of pyridine rings is 1. The Morgan fingerprint density at radius 2 is 2.12 bits per heavy atom. The van der Waals surface area contributed by atoms with Crippen LogP contribution in [0, 0.1) is 30.0 Å². The fourth-order valence-electron chi connectivity index (χ4n) is 4.06. The summed E-state index contributed by atoms with van der Waals surface area (Å²) in [5.74, 6) is -4.25. The van der Waals surface area contributed by atoms with Crippen molar-refractivity contribution in [2.75, 3.05) is 17.3 Å². The van der Waals surface area contributed by atoms with Crippen molar-refractivity contribution in [3.8, 4) is 6.07 Å². The molecule has 10 heteroatoms. The number of carbonyl (C=O) groups excluding carboxylic acids is 1. The molecule has 32 heavy (non-hydrogen) atoms. The number of hydrogen-bond acceptors (Lipinski definition) is 5. The van der Waals surface area contributed by atoms with Crippen molar-refractivity contribution in [1.82, 2.24) is 15.0 Å². The highest BCUT2D eigenvalue weighted by molar-refractivity contribution is 6.01. The SMILES string of the molecule is CCc1cc(C#N)cc(F)c1N(C)c1nc(NC(=O)C2CC(F)(F)C2)c2[nH]cnc2c1C. The largest absolute Gasteiger partial charge is 0.342 e. The second-order valence-electron chi connectivity index (χ2n) is 7.98. The van der Waals surface area contributed by atoms with E-state index in [0.29, 0.717) is 34.4 Å². The molecule has 1 aliphatic carbocycles. The van der Waals surface area contributed by atoms with E-state index in [0.717, 1.165) is 6.07 Å². The van der Waals surface area contributed by atoms with Crippen LogP contribution >= 0.6 is 0 Å². The number of benzene rings is 1. The minimum Gasteiger partial charge on any atom is -0.342 e. The number of rotatable bonds is 5. The standard InChI is InChI=1S/C22H21F3N6O/c1-4-13-5-12(9-26)6-15(23)18(13)31(3)20-11(2)16-17(28-10-27-16)19(29-20)30-21(32)14-7-22(24,25)8-14/h5-6,10,14H,4,7-8H2,1-3H3,(H,27,28)(H,29,30,32). The maximum atomic E-state index is 15.0. The number of hydrogen-bond donors (Lipinski definition) is 2. The van der Waals surface area contributed by atoms with E-state index in [-0.39, 0.29) is 17.1 Å². The Morgan fingerprint density at radius 3 is 2.75 bits per heavy atom. The quantitative estimate of drug-likeness (QED) is 0.602. The molecule has 2 N–H and O–H groups in total. The number of halogens is 3. The van der Waals surface area contributed by atoms with E-state index < -0.39 is 36.4 Å². The molecule has 0 aliphatic heterocycles. The van der Waals surface area contributed by atoms with E-state index in [9.17, 15) is 18.0 Å². The Hall–Kier alpha value is -3.61. The van der Waals surface area contributed by atoms with Gasteiger partial charge >= 0.3 is 0 Å². The van der Waals surface area contributed by atoms with Crippen molar-refractivity contribution in [1.29, 1.82) is 5.26 Å². The molecule has 2 heterocycles. The summed E-state index contributed by atoms with van der Waals surface area (Å²) in [7, 11) is 1.63. The third-order valence-electron chi connectivity index (χ3n) is 5.79. The monoisotopic (exact) mass is 442 g/mol. The van der Waals surface area contributed by atoms with Crippen molar-refractivity contribution in [3.63, 3.8) is 0 Å². The van der Waals surface area contributed by atoms with Crippen LogP contribution in [0.2, 0.25) is 0 Å². The zero-order chi connectivity index (χ0) is 23.2. The summed E-state index contributed by atoms with van der Waals surface area (Å²) in [6.07, 6.45) is 0.922. The first-order chi connectivity index (χ1) is 15.1. The fraction of sp³-hybridized carbons (Fsp3) is 0.364. The minimum atomic E-state index is -2.82. The Morgan fingerprint density at radius 1 is 1.41 bits per heavy atom. The maximum Gasteiger partial charge on any atom is 0.249 e. The molecule has 0 unspecified atom stereocenters. The highest BCUT2D eigenvalue weighted by atomic mass is 19.3. The zero-order valence-electron chi connectivity index (χ0n) is 17.8. The predicted molar refractivity (Wildman–Crippen MR) is 113 cm³/mol. The lowest BCUT2D eigenvalue weighted by Gasteiger charge is -2.33. The Kier molecular flexibility index (Phi) is 5.28. The molecular formula is C22H21F3N6O. The zero-order valence-corrected chi connectivity index (χ0v) is 17.8. The van der Waals surface area contributed by atoms with Crippen LogP contribution in [-0.2, 0) is 11.2 Å². The van der Waals surface area contributed by atoms with E-state index >= 15 is 0 Å². The topological polar surface area (TPSA) is 97.7 Å². The third-order valence-corrected chi connectivity index (χ3v) is 5.79. The summed E-state index contributed by atoms with van der Waals surface area (Å²) in [6.45, 7) is 3.62. The molecular weight excluding hydrogens is 421 g/mol. The van der Waals surface area contributed by atoms with Crippen molar-refractivity contribution in [2.45, 2.75) is 39.0 Å². The summed E-state index contributed by atoms with van der Waals surface area (Å²) in [5, 5.41) is 11.8. The summed E-state index contributed by atoms with van der Waals surface area (Å²) in [5.41, 5.74) is 2.71. The Bertz CT molecular complexity index is 1250. The molecule has 3 aromatic rings. The molecule has 1 amide bonds. The van der Waals surface area contributed by atoms with Gasteiger partial charge in [0.2, 0.25) is 11.8 Å². The van der Waals surface area contributed by atoms with Crippen LogP contribution in [0.25, 0.3) is 11.0 Å². The predicted octanol–water partition coefficient (Wildman–Crippen LogP) is 4.59. The van der Waals surface area contributed by atoms with Gasteiger partial charge in [-0.1, -0.05) is 6.92 Å². The number of anilines is 3. The molecule has 166 valence electrons. The second-order valence-corrected chi connectivity index (χ2v) is 7.98. The second kappa shape index (κ2) is 7.82.